The van der Waals surface area contributed by atoms with Gasteiger partial charge in [0.1, 0.15) is 5.82 Å². The van der Waals surface area contributed by atoms with Crippen molar-refractivity contribution >= 4 is 0 Å². The van der Waals surface area contributed by atoms with Crippen molar-refractivity contribution in [1.29, 1.82) is 0 Å². The maximum absolute atomic E-state index is 13.6. The average Bonchev–Trinajstić information content (AvgIpc) is 2.37. The molecule has 2 N–H and O–H groups in total. The highest BCUT2D eigenvalue weighted by Crippen LogP contribution is 2.30. The van der Waals surface area contributed by atoms with Gasteiger partial charge in [-0.15, -0.1) is 0 Å². The number of methoxy groups -OCH3 is 1. The smallest absolute Gasteiger partial charge is 0.396 e. The Morgan fingerprint density at radius 2 is 1.95 bits per heavy atom. The van der Waals surface area contributed by atoms with Gasteiger partial charge in [0.25, 0.3) is 0 Å². The molecule has 0 aliphatic carbocycles. The number of alkyl halides is 3. The Balaban J connectivity index is 2.87. The summed E-state index contributed by atoms with van der Waals surface area (Å²) in [5.41, 5.74) is -1.62. The van der Waals surface area contributed by atoms with E-state index >= 15 is 0 Å². The van der Waals surface area contributed by atoms with Crippen LogP contribution in [0.1, 0.15) is 24.5 Å². The molecule has 0 aromatic heterocycles. The zero-order chi connectivity index (χ0) is 16.1. The Morgan fingerprint density at radius 1 is 1.29 bits per heavy atom. The summed E-state index contributed by atoms with van der Waals surface area (Å²) in [6.07, 6.45) is -4.18. The second-order valence-electron chi connectivity index (χ2n) is 5.12. The van der Waals surface area contributed by atoms with E-state index in [1.807, 2.05) is 0 Å². The number of halogens is 4. The largest absolute Gasteiger partial charge is 0.416 e. The zero-order valence-electron chi connectivity index (χ0n) is 11.9. The number of hydrogen-bond acceptors (Lipinski definition) is 3. The number of aliphatic hydroxyl groups is 1. The molecule has 0 amide bonds. The van der Waals surface area contributed by atoms with Crippen molar-refractivity contribution in [2.75, 3.05) is 20.3 Å². The molecule has 21 heavy (non-hydrogen) atoms. The zero-order valence-corrected chi connectivity index (χ0v) is 11.9. The number of rotatable bonds is 7. The fourth-order valence-corrected chi connectivity index (χ4v) is 1.97. The first-order chi connectivity index (χ1) is 9.72. The van der Waals surface area contributed by atoms with Gasteiger partial charge in [-0.25, -0.2) is 4.39 Å². The van der Waals surface area contributed by atoms with E-state index in [4.69, 9.17) is 9.84 Å². The number of aliphatic hydroxyl groups excluding tert-OH is 1. The first-order valence-corrected chi connectivity index (χ1v) is 6.42. The molecule has 1 aromatic rings. The molecule has 1 rings (SSSR count). The summed E-state index contributed by atoms with van der Waals surface area (Å²) in [4.78, 5) is 0. The molecule has 0 bridgehead atoms. The third kappa shape index (κ3) is 5.26. The van der Waals surface area contributed by atoms with E-state index in [9.17, 15) is 17.6 Å². The number of benzene rings is 1. The maximum atomic E-state index is 13.6. The summed E-state index contributed by atoms with van der Waals surface area (Å²) in [6, 6.07) is 2.30. The molecule has 0 aliphatic heterocycles. The highest BCUT2D eigenvalue weighted by molar-refractivity contribution is 5.27. The Labute approximate surface area is 120 Å². The lowest BCUT2D eigenvalue weighted by Gasteiger charge is -2.30. The normalized spacial score (nSPS) is 15.0. The van der Waals surface area contributed by atoms with E-state index in [2.05, 4.69) is 5.32 Å². The van der Waals surface area contributed by atoms with Crippen LogP contribution in [0.25, 0.3) is 0 Å². The first kappa shape index (κ1) is 17.9. The van der Waals surface area contributed by atoms with Crippen LogP contribution in [0.3, 0.4) is 0 Å². The predicted molar refractivity (Wildman–Crippen MR) is 70.2 cm³/mol. The van der Waals surface area contributed by atoms with Gasteiger partial charge in [0, 0.05) is 31.4 Å². The monoisotopic (exact) mass is 309 g/mol. The second-order valence-corrected chi connectivity index (χ2v) is 5.12. The number of ether oxygens (including phenoxy) is 1. The van der Waals surface area contributed by atoms with Gasteiger partial charge in [-0.05, 0) is 31.5 Å². The van der Waals surface area contributed by atoms with Crippen LogP contribution in [-0.4, -0.2) is 31.0 Å². The Bertz CT molecular complexity index is 457. The lowest BCUT2D eigenvalue weighted by Crippen LogP contribution is -2.46. The molecule has 0 fully saturated rings. The topological polar surface area (TPSA) is 41.5 Å². The highest BCUT2D eigenvalue weighted by Gasteiger charge is 2.31. The Hall–Kier alpha value is -1.18. The van der Waals surface area contributed by atoms with Crippen LogP contribution in [0.5, 0.6) is 0 Å². The van der Waals surface area contributed by atoms with Crippen molar-refractivity contribution in [3.05, 3.63) is 35.1 Å². The molecule has 0 aliphatic rings. The summed E-state index contributed by atoms with van der Waals surface area (Å²) in [6.45, 7) is 1.79. The van der Waals surface area contributed by atoms with Gasteiger partial charge in [-0.3, -0.25) is 0 Å². The van der Waals surface area contributed by atoms with Crippen LogP contribution in [0.2, 0.25) is 0 Å². The van der Waals surface area contributed by atoms with Gasteiger partial charge in [-0.1, -0.05) is 0 Å². The van der Waals surface area contributed by atoms with Crippen LogP contribution in [-0.2, 0) is 17.5 Å². The molecular formula is C14H19F4NO2. The van der Waals surface area contributed by atoms with Gasteiger partial charge < -0.3 is 15.2 Å². The lowest BCUT2D eigenvalue weighted by molar-refractivity contribution is -0.137. The minimum atomic E-state index is -4.51. The Kier molecular flexibility index (Phi) is 6.12. The fraction of sp³-hybridized carbons (Fsp3) is 0.571. The van der Waals surface area contributed by atoms with Gasteiger partial charge in [0.05, 0.1) is 12.2 Å². The van der Waals surface area contributed by atoms with Crippen molar-refractivity contribution in [2.45, 2.75) is 31.6 Å². The van der Waals surface area contributed by atoms with Crippen LogP contribution in [0.15, 0.2) is 18.2 Å². The molecule has 0 heterocycles. The van der Waals surface area contributed by atoms with Crippen LogP contribution in [0.4, 0.5) is 17.6 Å². The van der Waals surface area contributed by atoms with Crippen LogP contribution < -0.4 is 5.32 Å². The maximum Gasteiger partial charge on any atom is 0.416 e. The summed E-state index contributed by atoms with van der Waals surface area (Å²) in [7, 11) is 1.47. The van der Waals surface area contributed by atoms with Crippen molar-refractivity contribution in [2.24, 2.45) is 0 Å². The molecule has 1 aromatic carbocycles. The van der Waals surface area contributed by atoms with Crippen molar-refractivity contribution in [1.82, 2.24) is 5.32 Å². The van der Waals surface area contributed by atoms with E-state index in [0.29, 0.717) is 12.5 Å². The fourth-order valence-electron chi connectivity index (χ4n) is 1.97. The lowest BCUT2D eigenvalue weighted by atomic mass is 9.98. The SMILES string of the molecule is COCC(C)(CCO)NCc1cc(C(F)(F)F)ccc1F. The molecule has 120 valence electrons. The minimum absolute atomic E-state index is 0.0786. The van der Waals surface area contributed by atoms with E-state index < -0.39 is 23.1 Å². The molecular weight excluding hydrogens is 290 g/mol. The van der Waals surface area contributed by atoms with Crippen LogP contribution in [0, 0.1) is 5.82 Å². The molecule has 7 heteroatoms. The average molecular weight is 309 g/mol. The second kappa shape index (κ2) is 7.20. The van der Waals surface area contributed by atoms with E-state index in [0.717, 1.165) is 12.1 Å². The molecule has 1 atom stereocenters. The highest BCUT2D eigenvalue weighted by atomic mass is 19.4. The molecule has 0 radical (unpaired) electrons. The first-order valence-electron chi connectivity index (χ1n) is 6.42. The van der Waals surface area contributed by atoms with Crippen LogP contribution >= 0.6 is 0 Å². The van der Waals surface area contributed by atoms with Crippen molar-refractivity contribution in [3.63, 3.8) is 0 Å². The van der Waals surface area contributed by atoms with E-state index in [1.54, 1.807) is 6.92 Å². The summed E-state index contributed by atoms with van der Waals surface area (Å²) >= 11 is 0. The molecule has 1 unspecified atom stereocenters. The number of nitrogens with one attached hydrogen (secondary N) is 1. The summed E-state index contributed by atoms with van der Waals surface area (Å²) in [5.74, 6) is -0.709. The van der Waals surface area contributed by atoms with Gasteiger partial charge in [0.15, 0.2) is 0 Å². The predicted octanol–water partition coefficient (Wildman–Crippen LogP) is 2.72. The van der Waals surface area contributed by atoms with Crippen molar-refractivity contribution in [3.8, 4) is 0 Å². The number of hydrogen-bond donors (Lipinski definition) is 2. The minimum Gasteiger partial charge on any atom is -0.396 e. The van der Waals surface area contributed by atoms with Gasteiger partial charge in [-0.2, -0.15) is 13.2 Å². The Morgan fingerprint density at radius 3 is 2.48 bits per heavy atom. The van der Waals surface area contributed by atoms with Gasteiger partial charge >= 0.3 is 6.18 Å². The molecule has 0 saturated carbocycles. The van der Waals surface area contributed by atoms with E-state index in [-0.39, 0.29) is 25.3 Å². The van der Waals surface area contributed by atoms with Crippen molar-refractivity contribution < 1.29 is 27.4 Å². The molecule has 0 saturated heterocycles. The standard InChI is InChI=1S/C14H19F4NO2/c1-13(5-6-20,9-21-2)19-8-10-7-11(14(16,17)18)3-4-12(10)15/h3-4,7,19-20H,5-6,8-9H2,1-2H3. The van der Waals surface area contributed by atoms with Gasteiger partial charge in [0.2, 0.25) is 0 Å². The third-order valence-corrected chi connectivity index (χ3v) is 3.21. The van der Waals surface area contributed by atoms with E-state index in [1.165, 1.54) is 7.11 Å². The molecule has 0 spiro atoms. The molecule has 3 nitrogen and oxygen atoms in total. The third-order valence-electron chi connectivity index (χ3n) is 3.21. The summed E-state index contributed by atoms with van der Waals surface area (Å²) < 4.78 is 56.5. The quantitative estimate of drug-likeness (QED) is 0.761. The summed E-state index contributed by atoms with van der Waals surface area (Å²) in [5, 5.41) is 12.0.